The highest BCUT2D eigenvalue weighted by Crippen LogP contribution is 2.21. The van der Waals surface area contributed by atoms with Gasteiger partial charge in [0.15, 0.2) is 15.7 Å². The molecule has 1 aromatic heterocycles. The Morgan fingerprint density at radius 2 is 2.00 bits per heavy atom. The van der Waals surface area contributed by atoms with Crippen molar-refractivity contribution in [3.8, 4) is 0 Å². The summed E-state index contributed by atoms with van der Waals surface area (Å²) in [7, 11) is -3.15. The van der Waals surface area contributed by atoms with E-state index >= 15 is 0 Å². The zero-order chi connectivity index (χ0) is 17.2. The van der Waals surface area contributed by atoms with Crippen molar-refractivity contribution in [1.82, 2.24) is 14.9 Å². The first-order chi connectivity index (χ1) is 11.4. The summed E-state index contributed by atoms with van der Waals surface area (Å²) in [5, 5.41) is 0. The van der Waals surface area contributed by atoms with Crippen LogP contribution in [0.1, 0.15) is 23.2 Å². The summed E-state index contributed by atoms with van der Waals surface area (Å²) in [5.74, 6) is 0.715. The van der Waals surface area contributed by atoms with Gasteiger partial charge in [-0.05, 0) is 30.7 Å². The fraction of sp³-hybridized carbons (Fsp3) is 0.412. The van der Waals surface area contributed by atoms with E-state index in [0.29, 0.717) is 17.3 Å². The second kappa shape index (κ2) is 6.96. The van der Waals surface area contributed by atoms with Gasteiger partial charge in [-0.3, -0.25) is 4.90 Å². The first-order valence-corrected chi connectivity index (χ1v) is 9.73. The number of sulfone groups is 1. The van der Waals surface area contributed by atoms with Crippen molar-refractivity contribution in [3.63, 3.8) is 0 Å². The van der Waals surface area contributed by atoms with Crippen LogP contribution in [0.4, 0.5) is 0 Å². The SMILES string of the molecule is Cc1ccnc([C@H]2CN(Cc3ccc(S(C)(=O)=O)cc3)CCO2)n1. The molecule has 0 aliphatic carbocycles. The van der Waals surface area contributed by atoms with Crippen LogP contribution in [0, 0.1) is 6.92 Å². The standard InChI is InChI=1S/C17H21N3O3S/c1-13-7-8-18-17(19-13)16-12-20(9-10-23-16)11-14-3-5-15(6-4-14)24(2,21)22/h3-8,16H,9-12H2,1-2H3/t16-/m1/s1. The van der Waals surface area contributed by atoms with Crippen molar-refractivity contribution in [2.75, 3.05) is 26.0 Å². The number of rotatable bonds is 4. The summed E-state index contributed by atoms with van der Waals surface area (Å²) in [6.45, 7) is 4.86. The van der Waals surface area contributed by atoms with Crippen molar-refractivity contribution in [1.29, 1.82) is 0 Å². The van der Waals surface area contributed by atoms with Crippen LogP contribution in [0.5, 0.6) is 0 Å². The van der Waals surface area contributed by atoms with Crippen molar-refractivity contribution in [3.05, 3.63) is 53.6 Å². The average molecular weight is 347 g/mol. The van der Waals surface area contributed by atoms with Gasteiger partial charge in [0.2, 0.25) is 0 Å². The van der Waals surface area contributed by atoms with Gasteiger partial charge in [-0.15, -0.1) is 0 Å². The summed E-state index contributed by atoms with van der Waals surface area (Å²) in [6, 6.07) is 8.92. The summed E-state index contributed by atoms with van der Waals surface area (Å²) < 4.78 is 28.8. The van der Waals surface area contributed by atoms with Crippen molar-refractivity contribution < 1.29 is 13.2 Å². The van der Waals surface area contributed by atoms with Gasteiger partial charge < -0.3 is 4.74 Å². The molecule has 0 amide bonds. The average Bonchev–Trinajstić information content (AvgIpc) is 2.55. The second-order valence-corrected chi connectivity index (χ2v) is 8.08. The lowest BCUT2D eigenvalue weighted by Crippen LogP contribution is -2.38. The van der Waals surface area contributed by atoms with Crippen LogP contribution in [0.15, 0.2) is 41.4 Å². The lowest BCUT2D eigenvalue weighted by atomic mass is 10.2. The third-order valence-corrected chi connectivity index (χ3v) is 5.14. The van der Waals surface area contributed by atoms with Crippen molar-refractivity contribution >= 4 is 9.84 Å². The van der Waals surface area contributed by atoms with Gasteiger partial charge in [0.1, 0.15) is 6.10 Å². The lowest BCUT2D eigenvalue weighted by molar-refractivity contribution is -0.0373. The largest absolute Gasteiger partial charge is 0.368 e. The third-order valence-electron chi connectivity index (χ3n) is 4.01. The van der Waals surface area contributed by atoms with Crippen molar-refractivity contribution in [2.45, 2.75) is 24.5 Å². The molecule has 1 aromatic carbocycles. The number of benzene rings is 1. The minimum absolute atomic E-state index is 0.131. The molecule has 1 atom stereocenters. The van der Waals surface area contributed by atoms with Crippen LogP contribution >= 0.6 is 0 Å². The van der Waals surface area contributed by atoms with Crippen LogP contribution in [0.25, 0.3) is 0 Å². The van der Waals surface area contributed by atoms with E-state index in [4.69, 9.17) is 4.74 Å². The fourth-order valence-electron chi connectivity index (χ4n) is 2.73. The molecule has 3 rings (SSSR count). The number of hydrogen-bond donors (Lipinski definition) is 0. The van der Waals surface area contributed by atoms with Gasteiger partial charge in [0.05, 0.1) is 11.5 Å². The molecule has 1 aliphatic rings. The smallest absolute Gasteiger partial charge is 0.175 e. The zero-order valence-electron chi connectivity index (χ0n) is 13.8. The maximum atomic E-state index is 11.5. The van der Waals surface area contributed by atoms with Gasteiger partial charge in [0.25, 0.3) is 0 Å². The zero-order valence-corrected chi connectivity index (χ0v) is 14.7. The Morgan fingerprint density at radius 1 is 1.25 bits per heavy atom. The molecule has 0 spiro atoms. The number of aromatic nitrogens is 2. The van der Waals surface area contributed by atoms with Gasteiger partial charge in [0, 0.05) is 37.8 Å². The van der Waals surface area contributed by atoms with Gasteiger partial charge in [-0.25, -0.2) is 18.4 Å². The summed E-state index contributed by atoms with van der Waals surface area (Å²) in [5.41, 5.74) is 2.00. The summed E-state index contributed by atoms with van der Waals surface area (Å²) in [6.07, 6.45) is 2.84. The van der Waals surface area contributed by atoms with E-state index < -0.39 is 9.84 Å². The van der Waals surface area contributed by atoms with E-state index in [-0.39, 0.29) is 6.10 Å². The number of aryl methyl sites for hydroxylation is 1. The van der Waals surface area contributed by atoms with Crippen LogP contribution < -0.4 is 0 Å². The molecule has 1 saturated heterocycles. The van der Waals surface area contributed by atoms with Crippen LogP contribution in [-0.4, -0.2) is 49.2 Å². The Kier molecular flexibility index (Phi) is 4.93. The maximum Gasteiger partial charge on any atom is 0.175 e. The molecule has 2 aromatic rings. The number of ether oxygens (including phenoxy) is 1. The second-order valence-electron chi connectivity index (χ2n) is 6.07. The van der Waals surface area contributed by atoms with Gasteiger partial charge >= 0.3 is 0 Å². The predicted molar refractivity (Wildman–Crippen MR) is 90.3 cm³/mol. The Hall–Kier alpha value is -1.83. The predicted octanol–water partition coefficient (Wildman–Crippen LogP) is 1.76. The quantitative estimate of drug-likeness (QED) is 0.839. The van der Waals surface area contributed by atoms with E-state index in [1.165, 1.54) is 6.26 Å². The highest BCUT2D eigenvalue weighted by atomic mass is 32.2. The normalized spacial score (nSPS) is 19.3. The lowest BCUT2D eigenvalue weighted by Gasteiger charge is -2.32. The number of morpholine rings is 1. The van der Waals surface area contributed by atoms with E-state index in [2.05, 4.69) is 14.9 Å². The van der Waals surface area contributed by atoms with Gasteiger partial charge in [-0.1, -0.05) is 12.1 Å². The molecule has 2 heterocycles. The molecular weight excluding hydrogens is 326 g/mol. The van der Waals surface area contributed by atoms with E-state index in [0.717, 1.165) is 30.9 Å². The first-order valence-electron chi connectivity index (χ1n) is 7.84. The van der Waals surface area contributed by atoms with Crippen LogP contribution in [-0.2, 0) is 21.1 Å². The van der Waals surface area contributed by atoms with Crippen LogP contribution in [0.3, 0.4) is 0 Å². The fourth-order valence-corrected chi connectivity index (χ4v) is 3.36. The highest BCUT2D eigenvalue weighted by molar-refractivity contribution is 7.90. The molecule has 1 aliphatic heterocycles. The van der Waals surface area contributed by atoms with Crippen molar-refractivity contribution in [2.24, 2.45) is 0 Å². The minimum Gasteiger partial charge on any atom is -0.368 e. The maximum absolute atomic E-state index is 11.5. The molecule has 0 radical (unpaired) electrons. The summed E-state index contributed by atoms with van der Waals surface area (Å²) in [4.78, 5) is 11.4. The number of nitrogens with zero attached hydrogens (tertiary/aromatic N) is 3. The van der Waals surface area contributed by atoms with E-state index in [1.807, 2.05) is 25.1 Å². The topological polar surface area (TPSA) is 72.4 Å². The minimum atomic E-state index is -3.15. The molecule has 6 nitrogen and oxygen atoms in total. The third kappa shape index (κ3) is 4.17. The first kappa shape index (κ1) is 17.0. The Balaban J connectivity index is 1.67. The molecule has 0 bridgehead atoms. The Morgan fingerprint density at radius 3 is 2.67 bits per heavy atom. The molecule has 128 valence electrons. The molecular formula is C17H21N3O3S. The van der Waals surface area contributed by atoms with E-state index in [9.17, 15) is 8.42 Å². The highest BCUT2D eigenvalue weighted by Gasteiger charge is 2.24. The Bertz CT molecular complexity index is 806. The molecule has 1 fully saturated rings. The Labute approximate surface area is 142 Å². The summed E-state index contributed by atoms with van der Waals surface area (Å²) >= 11 is 0. The molecule has 0 unspecified atom stereocenters. The molecule has 0 N–H and O–H groups in total. The molecule has 24 heavy (non-hydrogen) atoms. The molecule has 0 saturated carbocycles. The monoisotopic (exact) mass is 347 g/mol. The number of hydrogen-bond acceptors (Lipinski definition) is 6. The molecule has 7 heteroatoms. The van der Waals surface area contributed by atoms with E-state index in [1.54, 1.807) is 18.3 Å². The van der Waals surface area contributed by atoms with Crippen LogP contribution in [0.2, 0.25) is 0 Å². The van der Waals surface area contributed by atoms with Gasteiger partial charge in [-0.2, -0.15) is 0 Å².